The van der Waals surface area contributed by atoms with Crippen LogP contribution in [0.1, 0.15) is 0 Å². The van der Waals surface area contributed by atoms with Gasteiger partial charge < -0.3 is 9.40 Å². The van der Waals surface area contributed by atoms with E-state index in [1.807, 2.05) is 17.4 Å². The molecule has 0 saturated carbocycles. The average Bonchev–Trinajstić information content (AvgIpc) is 3.43. The van der Waals surface area contributed by atoms with Crippen LogP contribution in [0, 0.1) is 0 Å². The highest BCUT2D eigenvalue weighted by Gasteiger charge is 2.20. The Morgan fingerprint density at radius 1 is 0.655 bits per heavy atom. The maximum absolute atomic E-state index is 6.33. The Hall–Kier alpha value is -3.56. The molecule has 3 heterocycles. The van der Waals surface area contributed by atoms with Crippen LogP contribution in [0.15, 0.2) is 77.2 Å². The first-order valence-corrected chi connectivity index (χ1v) is 10.6. The summed E-state index contributed by atoms with van der Waals surface area (Å²) < 4.78 is 8.99. The Morgan fingerprint density at radius 3 is 2.28 bits per heavy atom. The van der Waals surface area contributed by atoms with Gasteiger partial charge in [-0.1, -0.05) is 48.5 Å². The molecule has 2 nitrogen and oxygen atoms in total. The summed E-state index contributed by atoms with van der Waals surface area (Å²) in [6, 6.07) is 26.1. The van der Waals surface area contributed by atoms with E-state index in [1.165, 1.54) is 58.0 Å². The minimum absolute atomic E-state index is 0.940. The van der Waals surface area contributed by atoms with Gasteiger partial charge in [-0.05, 0) is 35.0 Å². The monoisotopic (exact) mass is 387 g/mol. The van der Waals surface area contributed by atoms with Crippen molar-refractivity contribution in [2.24, 2.45) is 0 Å². The molecule has 3 heteroatoms. The molecule has 8 aromatic rings. The van der Waals surface area contributed by atoms with Crippen LogP contribution < -0.4 is 0 Å². The molecule has 0 aliphatic carbocycles. The average molecular weight is 387 g/mol. The highest BCUT2D eigenvalue weighted by molar-refractivity contribution is 7.26. The number of benzene rings is 5. The maximum Gasteiger partial charge on any atom is 0.159 e. The van der Waals surface area contributed by atoms with Gasteiger partial charge in [0.25, 0.3) is 0 Å². The molecule has 0 fully saturated rings. The van der Waals surface area contributed by atoms with Gasteiger partial charge in [0.1, 0.15) is 5.58 Å². The van der Waals surface area contributed by atoms with Gasteiger partial charge in [-0.2, -0.15) is 0 Å². The van der Waals surface area contributed by atoms with Gasteiger partial charge in [-0.3, -0.25) is 0 Å². The van der Waals surface area contributed by atoms with Gasteiger partial charge >= 0.3 is 0 Å². The number of H-pyrrole nitrogens is 1. The molecule has 134 valence electrons. The smallest absolute Gasteiger partial charge is 0.159 e. The summed E-state index contributed by atoms with van der Waals surface area (Å²) in [6.07, 6.45) is 0. The second kappa shape index (κ2) is 4.70. The molecular weight excluding hydrogens is 374 g/mol. The van der Waals surface area contributed by atoms with Gasteiger partial charge in [0.05, 0.1) is 15.7 Å². The van der Waals surface area contributed by atoms with Crippen molar-refractivity contribution in [3.8, 4) is 0 Å². The molecule has 0 unspecified atom stereocenters. The van der Waals surface area contributed by atoms with Crippen molar-refractivity contribution in [2.45, 2.75) is 0 Å². The number of rotatable bonds is 0. The lowest BCUT2D eigenvalue weighted by Crippen LogP contribution is -1.77. The molecule has 0 spiro atoms. The van der Waals surface area contributed by atoms with Crippen LogP contribution in [0.3, 0.4) is 0 Å². The Labute approximate surface area is 168 Å². The van der Waals surface area contributed by atoms with Crippen molar-refractivity contribution < 1.29 is 4.42 Å². The fourth-order valence-corrected chi connectivity index (χ4v) is 6.29. The van der Waals surface area contributed by atoms with Crippen LogP contribution in [0.4, 0.5) is 0 Å². The van der Waals surface area contributed by atoms with Crippen LogP contribution in [0.25, 0.3) is 74.7 Å². The fraction of sp³-hybridized carbons (Fsp3) is 0. The van der Waals surface area contributed by atoms with Crippen molar-refractivity contribution in [3.05, 3.63) is 72.8 Å². The number of thiophene rings is 1. The lowest BCUT2D eigenvalue weighted by molar-refractivity contribution is 0.672. The molecule has 0 atom stereocenters. The zero-order valence-electron chi connectivity index (χ0n) is 15.2. The highest BCUT2D eigenvalue weighted by Crippen LogP contribution is 2.46. The second-order valence-electron chi connectivity index (χ2n) is 7.84. The lowest BCUT2D eigenvalue weighted by atomic mass is 9.98. The van der Waals surface area contributed by atoms with Crippen molar-refractivity contribution >= 4 is 86.0 Å². The van der Waals surface area contributed by atoms with Gasteiger partial charge in [0, 0.05) is 37.0 Å². The molecule has 8 rings (SSSR count). The molecule has 0 aliphatic rings. The van der Waals surface area contributed by atoms with Crippen LogP contribution in [0.2, 0.25) is 0 Å². The van der Waals surface area contributed by atoms with Gasteiger partial charge in [0.15, 0.2) is 5.58 Å². The van der Waals surface area contributed by atoms with E-state index < -0.39 is 0 Å². The quantitative estimate of drug-likeness (QED) is 0.261. The Kier molecular flexibility index (Phi) is 2.34. The van der Waals surface area contributed by atoms with Gasteiger partial charge in [-0.15, -0.1) is 11.3 Å². The van der Waals surface area contributed by atoms with E-state index in [2.05, 4.69) is 71.7 Å². The molecular formula is C26H13NOS. The maximum atomic E-state index is 6.33. The number of nitrogens with one attached hydrogen (secondary N) is 1. The molecule has 1 N–H and O–H groups in total. The molecule has 0 aliphatic heterocycles. The summed E-state index contributed by atoms with van der Waals surface area (Å²) in [5, 5.41) is 10.2. The number of para-hydroxylation sites is 1. The third kappa shape index (κ3) is 1.61. The van der Waals surface area contributed by atoms with Crippen molar-refractivity contribution in [1.29, 1.82) is 0 Å². The summed E-state index contributed by atoms with van der Waals surface area (Å²) in [4.78, 5) is 3.78. The number of furan rings is 1. The van der Waals surface area contributed by atoms with E-state index in [4.69, 9.17) is 4.42 Å². The van der Waals surface area contributed by atoms with E-state index in [-0.39, 0.29) is 0 Å². The van der Waals surface area contributed by atoms with Crippen LogP contribution in [-0.4, -0.2) is 4.98 Å². The van der Waals surface area contributed by atoms with Gasteiger partial charge in [0.2, 0.25) is 0 Å². The SMILES string of the molecule is c1ccc2c(c1)oc1c2cc2ccc3cc4c5ccccc5sc4c4[nH]c1c2c34. The van der Waals surface area contributed by atoms with Crippen molar-refractivity contribution in [1.82, 2.24) is 4.98 Å². The van der Waals surface area contributed by atoms with Crippen LogP contribution in [-0.2, 0) is 0 Å². The molecule has 29 heavy (non-hydrogen) atoms. The van der Waals surface area contributed by atoms with E-state index in [1.54, 1.807) is 0 Å². The summed E-state index contributed by atoms with van der Waals surface area (Å²) in [6.45, 7) is 0. The molecule has 0 saturated heterocycles. The zero-order chi connectivity index (χ0) is 18.7. The van der Waals surface area contributed by atoms with Crippen molar-refractivity contribution in [3.63, 3.8) is 0 Å². The minimum Gasteiger partial charge on any atom is -0.454 e. The Balaban J connectivity index is 1.71. The third-order valence-electron chi connectivity index (χ3n) is 6.34. The second-order valence-corrected chi connectivity index (χ2v) is 8.89. The first kappa shape index (κ1) is 14.4. The predicted octanol–water partition coefficient (Wildman–Crippen LogP) is 8.18. The first-order valence-electron chi connectivity index (χ1n) is 9.79. The molecule has 0 bridgehead atoms. The molecule has 0 amide bonds. The molecule has 5 aromatic carbocycles. The number of fused-ring (bicyclic) bond motifs is 8. The minimum atomic E-state index is 0.940. The van der Waals surface area contributed by atoms with Crippen LogP contribution in [0.5, 0.6) is 0 Å². The topological polar surface area (TPSA) is 28.9 Å². The summed E-state index contributed by atoms with van der Waals surface area (Å²) in [5.74, 6) is 0. The number of hydrogen-bond acceptors (Lipinski definition) is 2. The Bertz CT molecular complexity index is 1780. The van der Waals surface area contributed by atoms with Crippen LogP contribution >= 0.6 is 11.3 Å². The van der Waals surface area contributed by atoms with E-state index in [9.17, 15) is 0 Å². The molecule has 0 radical (unpaired) electrons. The van der Waals surface area contributed by atoms with E-state index in [0.29, 0.717) is 0 Å². The summed E-state index contributed by atoms with van der Waals surface area (Å²) in [5.41, 5.74) is 4.23. The normalized spacial score (nSPS) is 12.8. The van der Waals surface area contributed by atoms with E-state index >= 15 is 0 Å². The van der Waals surface area contributed by atoms with E-state index in [0.717, 1.165) is 16.7 Å². The predicted molar refractivity (Wildman–Crippen MR) is 125 cm³/mol. The summed E-state index contributed by atoms with van der Waals surface area (Å²) in [7, 11) is 0. The fourth-order valence-electron chi connectivity index (χ4n) is 5.10. The molecule has 3 aromatic heterocycles. The number of hydrogen-bond donors (Lipinski definition) is 1. The number of aromatic amines is 1. The first-order chi connectivity index (χ1) is 14.4. The number of aromatic nitrogens is 1. The van der Waals surface area contributed by atoms with Crippen molar-refractivity contribution in [2.75, 3.05) is 0 Å². The third-order valence-corrected chi connectivity index (χ3v) is 7.55. The van der Waals surface area contributed by atoms with Gasteiger partial charge in [-0.25, -0.2) is 0 Å². The Morgan fingerprint density at radius 2 is 1.38 bits per heavy atom. The summed E-state index contributed by atoms with van der Waals surface area (Å²) >= 11 is 1.87. The standard InChI is InChI=1S/C26H13NOS/c1-3-7-19-15(5-1)17-11-13-9-10-14-12-18-16-6-2-4-8-20(16)29-26(18)24-22(14)21(13)23(27-24)25(17)28-19/h1-12,27H. The highest BCUT2D eigenvalue weighted by atomic mass is 32.1. The largest absolute Gasteiger partial charge is 0.454 e. The lowest BCUT2D eigenvalue weighted by Gasteiger charge is -2.03. The zero-order valence-corrected chi connectivity index (χ0v) is 16.1.